The average molecular weight is 232 g/mol. The van der Waals surface area contributed by atoms with Gasteiger partial charge >= 0.3 is 0 Å². The SMILES string of the molecule is COc1cc(C)cc2c(C)c(CN)c(=O)[nH]c12. The number of aryl methyl sites for hydroxylation is 2. The number of hydrogen-bond donors (Lipinski definition) is 2. The number of pyridine rings is 1. The molecule has 0 saturated carbocycles. The minimum absolute atomic E-state index is 0.139. The molecule has 0 atom stereocenters. The molecule has 4 heteroatoms. The first-order chi connectivity index (χ1) is 8.08. The van der Waals surface area contributed by atoms with Crippen LogP contribution in [0.3, 0.4) is 0 Å². The van der Waals surface area contributed by atoms with Crippen molar-refractivity contribution in [1.29, 1.82) is 0 Å². The summed E-state index contributed by atoms with van der Waals surface area (Å²) in [6.45, 7) is 4.15. The molecule has 0 aliphatic heterocycles. The van der Waals surface area contributed by atoms with Crippen molar-refractivity contribution in [2.75, 3.05) is 7.11 Å². The molecular weight excluding hydrogens is 216 g/mol. The summed E-state index contributed by atoms with van der Waals surface area (Å²) in [5.74, 6) is 0.684. The molecule has 2 rings (SSSR count). The van der Waals surface area contributed by atoms with Gasteiger partial charge in [-0.2, -0.15) is 0 Å². The van der Waals surface area contributed by atoms with Gasteiger partial charge in [-0.3, -0.25) is 4.79 Å². The molecule has 0 radical (unpaired) electrons. The standard InChI is InChI=1S/C13H16N2O2/c1-7-4-9-8(2)10(6-14)13(16)15-12(9)11(5-7)17-3/h4-5H,6,14H2,1-3H3,(H,15,16). The van der Waals surface area contributed by atoms with Crippen molar-refractivity contribution >= 4 is 10.9 Å². The fourth-order valence-corrected chi connectivity index (χ4v) is 2.11. The van der Waals surface area contributed by atoms with E-state index in [9.17, 15) is 4.79 Å². The normalized spacial score (nSPS) is 10.8. The summed E-state index contributed by atoms with van der Waals surface area (Å²) in [6.07, 6.45) is 0. The van der Waals surface area contributed by atoms with Gasteiger partial charge in [0.25, 0.3) is 5.56 Å². The van der Waals surface area contributed by atoms with Crippen molar-refractivity contribution in [1.82, 2.24) is 4.98 Å². The van der Waals surface area contributed by atoms with E-state index >= 15 is 0 Å². The van der Waals surface area contributed by atoms with Crippen LogP contribution in [-0.4, -0.2) is 12.1 Å². The molecule has 0 aliphatic carbocycles. The minimum atomic E-state index is -0.139. The fourth-order valence-electron chi connectivity index (χ4n) is 2.11. The Morgan fingerprint density at radius 1 is 1.35 bits per heavy atom. The van der Waals surface area contributed by atoms with Crippen LogP contribution in [0.1, 0.15) is 16.7 Å². The summed E-state index contributed by atoms with van der Waals surface area (Å²) in [5, 5.41) is 0.988. The lowest BCUT2D eigenvalue weighted by Crippen LogP contribution is -2.18. The highest BCUT2D eigenvalue weighted by atomic mass is 16.5. The maximum absolute atomic E-state index is 11.8. The molecule has 0 aliphatic rings. The van der Waals surface area contributed by atoms with Gasteiger partial charge in [0, 0.05) is 17.5 Å². The summed E-state index contributed by atoms with van der Waals surface area (Å²) in [4.78, 5) is 14.7. The lowest BCUT2D eigenvalue weighted by molar-refractivity contribution is 0.418. The zero-order valence-corrected chi connectivity index (χ0v) is 10.3. The van der Waals surface area contributed by atoms with Crippen LogP contribution in [0.4, 0.5) is 0 Å². The number of ether oxygens (including phenoxy) is 1. The van der Waals surface area contributed by atoms with Gasteiger partial charge in [0.05, 0.1) is 12.6 Å². The van der Waals surface area contributed by atoms with Crippen molar-refractivity contribution in [3.63, 3.8) is 0 Å². The predicted molar refractivity (Wildman–Crippen MR) is 68.5 cm³/mol. The van der Waals surface area contributed by atoms with E-state index in [1.807, 2.05) is 26.0 Å². The van der Waals surface area contributed by atoms with Gasteiger partial charge in [0.1, 0.15) is 5.75 Å². The van der Waals surface area contributed by atoms with Crippen LogP contribution >= 0.6 is 0 Å². The van der Waals surface area contributed by atoms with Crippen molar-refractivity contribution in [3.8, 4) is 5.75 Å². The third-order valence-electron chi connectivity index (χ3n) is 3.04. The van der Waals surface area contributed by atoms with E-state index in [1.54, 1.807) is 7.11 Å². The summed E-state index contributed by atoms with van der Waals surface area (Å²) in [7, 11) is 1.60. The molecule has 0 unspecified atom stereocenters. The topological polar surface area (TPSA) is 68.1 Å². The molecule has 4 nitrogen and oxygen atoms in total. The number of rotatable bonds is 2. The van der Waals surface area contributed by atoms with Crippen LogP contribution < -0.4 is 16.0 Å². The molecule has 1 aromatic carbocycles. The Morgan fingerprint density at radius 2 is 2.06 bits per heavy atom. The Hall–Kier alpha value is -1.81. The molecule has 0 fully saturated rings. The van der Waals surface area contributed by atoms with Crippen molar-refractivity contribution in [3.05, 3.63) is 39.2 Å². The maximum Gasteiger partial charge on any atom is 0.253 e. The number of H-pyrrole nitrogens is 1. The first-order valence-electron chi connectivity index (χ1n) is 5.48. The largest absolute Gasteiger partial charge is 0.495 e. The second-order valence-electron chi connectivity index (χ2n) is 4.15. The zero-order valence-electron chi connectivity index (χ0n) is 10.3. The highest BCUT2D eigenvalue weighted by Crippen LogP contribution is 2.27. The van der Waals surface area contributed by atoms with Gasteiger partial charge in [0.15, 0.2) is 0 Å². The van der Waals surface area contributed by atoms with E-state index in [0.29, 0.717) is 11.3 Å². The number of methoxy groups -OCH3 is 1. The summed E-state index contributed by atoms with van der Waals surface area (Å²) in [6, 6.07) is 3.93. The Labute approximate surface area is 99.4 Å². The summed E-state index contributed by atoms with van der Waals surface area (Å²) in [5.41, 5.74) is 8.84. The van der Waals surface area contributed by atoms with Crippen LogP contribution in [0.25, 0.3) is 10.9 Å². The second kappa shape index (κ2) is 4.22. The molecular formula is C13H16N2O2. The highest BCUT2D eigenvalue weighted by molar-refractivity contribution is 5.88. The maximum atomic E-state index is 11.8. The van der Waals surface area contributed by atoms with Crippen molar-refractivity contribution in [2.45, 2.75) is 20.4 Å². The number of benzene rings is 1. The molecule has 1 heterocycles. The quantitative estimate of drug-likeness (QED) is 0.826. The Balaban J connectivity index is 2.96. The van der Waals surface area contributed by atoms with E-state index in [2.05, 4.69) is 4.98 Å². The lowest BCUT2D eigenvalue weighted by Gasteiger charge is -2.11. The van der Waals surface area contributed by atoms with E-state index in [0.717, 1.165) is 22.0 Å². The van der Waals surface area contributed by atoms with Crippen LogP contribution in [0.15, 0.2) is 16.9 Å². The zero-order chi connectivity index (χ0) is 12.6. The van der Waals surface area contributed by atoms with Crippen LogP contribution in [0.5, 0.6) is 5.75 Å². The Bertz CT molecular complexity index is 629. The van der Waals surface area contributed by atoms with Gasteiger partial charge in [-0.25, -0.2) is 0 Å². The molecule has 17 heavy (non-hydrogen) atoms. The molecule has 90 valence electrons. The Morgan fingerprint density at radius 3 is 2.65 bits per heavy atom. The number of nitrogens with two attached hydrogens (primary N) is 1. The highest BCUT2D eigenvalue weighted by Gasteiger charge is 2.11. The summed E-state index contributed by atoms with van der Waals surface area (Å²) < 4.78 is 5.29. The first-order valence-corrected chi connectivity index (χ1v) is 5.48. The molecule has 0 amide bonds. The van der Waals surface area contributed by atoms with Gasteiger partial charge in [-0.05, 0) is 37.1 Å². The molecule has 0 spiro atoms. The lowest BCUT2D eigenvalue weighted by atomic mass is 10.0. The van der Waals surface area contributed by atoms with E-state index < -0.39 is 0 Å². The minimum Gasteiger partial charge on any atom is -0.495 e. The fraction of sp³-hybridized carbons (Fsp3) is 0.308. The summed E-state index contributed by atoms with van der Waals surface area (Å²) >= 11 is 0. The predicted octanol–water partition coefficient (Wildman–Crippen LogP) is 1.61. The van der Waals surface area contributed by atoms with Crippen LogP contribution in [0, 0.1) is 13.8 Å². The smallest absolute Gasteiger partial charge is 0.253 e. The third-order valence-corrected chi connectivity index (χ3v) is 3.04. The van der Waals surface area contributed by atoms with Crippen molar-refractivity contribution in [2.24, 2.45) is 5.73 Å². The van der Waals surface area contributed by atoms with E-state index in [1.165, 1.54) is 0 Å². The molecule has 1 aromatic heterocycles. The number of fused-ring (bicyclic) bond motifs is 1. The number of nitrogens with one attached hydrogen (secondary N) is 1. The second-order valence-corrected chi connectivity index (χ2v) is 4.15. The van der Waals surface area contributed by atoms with Crippen LogP contribution in [0.2, 0.25) is 0 Å². The molecule has 3 N–H and O–H groups in total. The molecule has 0 bridgehead atoms. The third kappa shape index (κ3) is 1.80. The first kappa shape index (κ1) is 11.7. The van der Waals surface area contributed by atoms with Gasteiger partial charge in [-0.15, -0.1) is 0 Å². The van der Waals surface area contributed by atoms with Gasteiger partial charge in [0.2, 0.25) is 0 Å². The van der Waals surface area contributed by atoms with Crippen LogP contribution in [-0.2, 0) is 6.54 Å². The van der Waals surface area contributed by atoms with E-state index in [4.69, 9.17) is 10.5 Å². The van der Waals surface area contributed by atoms with Crippen molar-refractivity contribution < 1.29 is 4.74 Å². The average Bonchev–Trinajstić information content (AvgIpc) is 2.30. The van der Waals surface area contributed by atoms with Gasteiger partial charge < -0.3 is 15.5 Å². The Kier molecular flexibility index (Phi) is 2.90. The molecule has 2 aromatic rings. The number of aromatic nitrogens is 1. The number of aromatic amines is 1. The van der Waals surface area contributed by atoms with Gasteiger partial charge in [-0.1, -0.05) is 0 Å². The number of hydrogen-bond acceptors (Lipinski definition) is 3. The molecule has 0 saturated heterocycles. The monoisotopic (exact) mass is 232 g/mol. The van der Waals surface area contributed by atoms with E-state index in [-0.39, 0.29) is 12.1 Å².